The van der Waals surface area contributed by atoms with Gasteiger partial charge in [0.15, 0.2) is 0 Å². The highest BCUT2D eigenvalue weighted by Gasteiger charge is 2.30. The summed E-state index contributed by atoms with van der Waals surface area (Å²) in [5.41, 5.74) is -4.22. The minimum atomic E-state index is -4.46. The Morgan fingerprint density at radius 2 is 2.00 bits per heavy atom. The molecule has 1 rings (SSSR count). The summed E-state index contributed by atoms with van der Waals surface area (Å²) >= 11 is 2.79. The first kappa shape index (κ1) is 18.0. The number of ketones is 1. The molecule has 0 N–H and O–H groups in total. The van der Waals surface area contributed by atoms with Gasteiger partial charge in [0.2, 0.25) is 0 Å². The molecule has 0 heterocycles. The van der Waals surface area contributed by atoms with Crippen molar-refractivity contribution in [1.82, 2.24) is 0 Å². The molecule has 0 aliphatic rings. The number of esters is 1. The van der Waals surface area contributed by atoms with Gasteiger partial charge in [0.25, 0.3) is 0 Å². The molecule has 1 atom stereocenters. The van der Waals surface area contributed by atoms with Crippen LogP contribution < -0.4 is 0 Å². The summed E-state index contributed by atoms with van der Waals surface area (Å²) in [5.74, 6) is -1.03. The zero-order valence-electron chi connectivity index (χ0n) is 11.2. The Bertz CT molecular complexity index is 546. The summed E-state index contributed by atoms with van der Waals surface area (Å²) in [7, 11) is 0. The molecular formula is C13H12BrF3O3S. The van der Waals surface area contributed by atoms with Gasteiger partial charge in [-0.25, -0.2) is 4.79 Å². The van der Waals surface area contributed by atoms with Crippen LogP contribution in [0.25, 0.3) is 0 Å². The third-order valence-corrected chi connectivity index (χ3v) is 4.24. The van der Waals surface area contributed by atoms with Crippen LogP contribution in [0.15, 0.2) is 23.1 Å². The third kappa shape index (κ3) is 5.35. The molecule has 21 heavy (non-hydrogen) atoms. The predicted molar refractivity (Wildman–Crippen MR) is 76.7 cm³/mol. The molecule has 0 aliphatic heterocycles. The van der Waals surface area contributed by atoms with Crippen LogP contribution in [0, 0.1) is 0 Å². The van der Waals surface area contributed by atoms with Crippen LogP contribution in [0.1, 0.15) is 34.6 Å². The van der Waals surface area contributed by atoms with E-state index in [1.807, 2.05) is 0 Å². The molecule has 8 heteroatoms. The molecule has 0 fully saturated rings. The van der Waals surface area contributed by atoms with Crippen LogP contribution in [0.5, 0.6) is 0 Å². The van der Waals surface area contributed by atoms with Crippen molar-refractivity contribution < 1.29 is 27.5 Å². The molecule has 1 aromatic rings. The number of ether oxygens (including phenoxy) is 1. The molecule has 0 bridgehead atoms. The fraction of sp³-hybridized carbons (Fsp3) is 0.385. The Balaban J connectivity index is 3.26. The number of halogens is 4. The first-order valence-corrected chi connectivity index (χ1v) is 7.60. The highest BCUT2D eigenvalue weighted by atomic mass is 79.9. The first-order valence-electron chi connectivity index (χ1n) is 5.87. The third-order valence-electron chi connectivity index (χ3n) is 2.38. The Morgan fingerprint density at radius 3 is 2.48 bits per heavy atom. The molecule has 0 aromatic heterocycles. The second-order valence-electron chi connectivity index (χ2n) is 3.99. The molecule has 0 saturated carbocycles. The van der Waals surface area contributed by atoms with Crippen molar-refractivity contribution in [2.24, 2.45) is 0 Å². The lowest BCUT2D eigenvalue weighted by molar-refractivity contribution is -0.116. The zero-order valence-corrected chi connectivity index (χ0v) is 13.6. The maximum atomic E-state index is 12.4. The lowest BCUT2D eigenvalue weighted by atomic mass is 10.0. The van der Waals surface area contributed by atoms with E-state index in [0.717, 1.165) is 6.07 Å². The average Bonchev–Trinajstić information content (AvgIpc) is 2.36. The van der Waals surface area contributed by atoms with Crippen LogP contribution in [0.3, 0.4) is 0 Å². The molecule has 116 valence electrons. The van der Waals surface area contributed by atoms with Crippen molar-refractivity contribution >= 4 is 39.4 Å². The monoisotopic (exact) mass is 384 g/mol. The van der Waals surface area contributed by atoms with Crippen molar-refractivity contribution in [2.75, 3.05) is 6.61 Å². The lowest BCUT2D eigenvalue weighted by Crippen LogP contribution is -2.12. The number of hydrogen-bond acceptors (Lipinski definition) is 4. The number of carbonyl (C=O) groups excluding carboxylic acids is 2. The van der Waals surface area contributed by atoms with E-state index in [-0.39, 0.29) is 40.2 Å². The summed E-state index contributed by atoms with van der Waals surface area (Å²) in [4.78, 5) is 22.4. The van der Waals surface area contributed by atoms with Crippen LogP contribution in [0.4, 0.5) is 13.2 Å². The van der Waals surface area contributed by atoms with E-state index in [0.29, 0.717) is 0 Å². The maximum Gasteiger partial charge on any atom is 0.446 e. The summed E-state index contributed by atoms with van der Waals surface area (Å²) < 4.78 is 42.0. The van der Waals surface area contributed by atoms with Crippen LogP contribution in [-0.2, 0) is 9.53 Å². The largest absolute Gasteiger partial charge is 0.462 e. The molecule has 0 amide bonds. The van der Waals surface area contributed by atoms with Gasteiger partial charge in [-0.3, -0.25) is 4.79 Å². The van der Waals surface area contributed by atoms with Crippen LogP contribution in [-0.4, -0.2) is 23.9 Å². The summed E-state index contributed by atoms with van der Waals surface area (Å²) in [6, 6.07) is 3.62. The van der Waals surface area contributed by atoms with E-state index in [1.165, 1.54) is 19.1 Å². The van der Waals surface area contributed by atoms with Crippen LogP contribution >= 0.6 is 27.7 Å². The SMILES string of the molecule is CCOC(=O)c1cc(SC(F)(F)F)ccc1C(Br)C(C)=O. The van der Waals surface area contributed by atoms with E-state index < -0.39 is 16.3 Å². The topological polar surface area (TPSA) is 43.4 Å². The highest BCUT2D eigenvalue weighted by molar-refractivity contribution is 9.09. The Hall–Kier alpha value is -1.02. The minimum absolute atomic E-state index is 0.0526. The van der Waals surface area contributed by atoms with E-state index in [4.69, 9.17) is 4.74 Å². The van der Waals surface area contributed by atoms with E-state index in [9.17, 15) is 22.8 Å². The maximum absolute atomic E-state index is 12.4. The standard InChI is InChI=1S/C13H12BrF3O3S/c1-3-20-12(19)10-6-8(21-13(15,16)17)4-5-9(10)11(14)7(2)18/h4-6,11H,3H2,1-2H3. The number of hydrogen-bond donors (Lipinski definition) is 0. The number of carbonyl (C=O) groups is 2. The van der Waals surface area contributed by atoms with Crippen molar-refractivity contribution in [1.29, 1.82) is 0 Å². The number of thioether (sulfide) groups is 1. The van der Waals surface area contributed by atoms with Gasteiger partial charge in [-0.2, -0.15) is 13.2 Å². The number of Topliss-reactive ketones (excluding diaryl/α,β-unsaturated/α-hetero) is 1. The molecule has 0 saturated heterocycles. The van der Waals surface area contributed by atoms with E-state index in [1.54, 1.807) is 6.92 Å². The molecule has 0 spiro atoms. The van der Waals surface area contributed by atoms with E-state index in [2.05, 4.69) is 15.9 Å². The Kier molecular flexibility index (Phi) is 6.27. The first-order chi connectivity index (χ1) is 9.65. The normalized spacial score (nSPS) is 12.9. The van der Waals surface area contributed by atoms with Gasteiger partial charge in [-0.05, 0) is 43.3 Å². The highest BCUT2D eigenvalue weighted by Crippen LogP contribution is 2.39. The molecule has 0 aliphatic carbocycles. The molecule has 1 unspecified atom stereocenters. The van der Waals surface area contributed by atoms with Gasteiger partial charge < -0.3 is 4.74 Å². The van der Waals surface area contributed by atoms with Gasteiger partial charge in [0.1, 0.15) is 5.78 Å². The van der Waals surface area contributed by atoms with Gasteiger partial charge in [-0.1, -0.05) is 22.0 Å². The summed E-state index contributed by atoms with van der Waals surface area (Å²) in [5, 5.41) is 0. The molecule has 1 aromatic carbocycles. The fourth-order valence-corrected chi connectivity index (χ4v) is 2.54. The smallest absolute Gasteiger partial charge is 0.446 e. The van der Waals surface area contributed by atoms with E-state index >= 15 is 0 Å². The zero-order chi connectivity index (χ0) is 16.2. The molecular weight excluding hydrogens is 373 g/mol. The average molecular weight is 385 g/mol. The second-order valence-corrected chi connectivity index (χ2v) is 6.04. The quantitative estimate of drug-likeness (QED) is 0.425. The minimum Gasteiger partial charge on any atom is -0.462 e. The number of alkyl halides is 4. The number of benzene rings is 1. The molecule has 0 radical (unpaired) electrons. The second kappa shape index (κ2) is 7.31. The Morgan fingerprint density at radius 1 is 1.38 bits per heavy atom. The van der Waals surface area contributed by atoms with Gasteiger partial charge in [0.05, 0.1) is 17.0 Å². The Labute approximate surface area is 132 Å². The van der Waals surface area contributed by atoms with Gasteiger partial charge in [-0.15, -0.1) is 0 Å². The van der Waals surface area contributed by atoms with Crippen molar-refractivity contribution in [3.8, 4) is 0 Å². The van der Waals surface area contributed by atoms with Gasteiger partial charge >= 0.3 is 11.5 Å². The van der Waals surface area contributed by atoms with Gasteiger partial charge in [0, 0.05) is 4.90 Å². The van der Waals surface area contributed by atoms with Crippen molar-refractivity contribution in [3.63, 3.8) is 0 Å². The fourth-order valence-electron chi connectivity index (χ4n) is 1.56. The lowest BCUT2D eigenvalue weighted by Gasteiger charge is -2.14. The predicted octanol–water partition coefficient (Wildman–Crippen LogP) is 4.50. The summed E-state index contributed by atoms with van der Waals surface area (Å²) in [6.45, 7) is 2.98. The van der Waals surface area contributed by atoms with Crippen molar-refractivity contribution in [3.05, 3.63) is 29.3 Å². The number of rotatable bonds is 5. The molecule has 3 nitrogen and oxygen atoms in total. The van der Waals surface area contributed by atoms with Crippen LogP contribution in [0.2, 0.25) is 0 Å². The summed E-state index contributed by atoms with van der Waals surface area (Å²) in [6.07, 6.45) is 0. The van der Waals surface area contributed by atoms with Crippen molar-refractivity contribution in [2.45, 2.75) is 29.1 Å².